The zero-order valence-corrected chi connectivity index (χ0v) is 22.9. The van der Waals surface area contributed by atoms with Gasteiger partial charge in [0.25, 0.3) is 0 Å². The van der Waals surface area contributed by atoms with Crippen molar-refractivity contribution in [2.24, 2.45) is 5.92 Å². The number of aromatic hydroxyl groups is 1. The Morgan fingerprint density at radius 1 is 1.11 bits per heavy atom. The quantitative estimate of drug-likeness (QED) is 0.402. The summed E-state index contributed by atoms with van der Waals surface area (Å²) in [5.74, 6) is 0.450. The number of anilines is 1. The number of phenols is 1. The van der Waals surface area contributed by atoms with E-state index >= 15 is 0 Å². The summed E-state index contributed by atoms with van der Waals surface area (Å²) in [6.07, 6.45) is 6.64. The van der Waals surface area contributed by atoms with Gasteiger partial charge in [0.05, 0.1) is 26.9 Å². The molecular weight excluding hydrogens is 531 g/mol. The zero-order chi connectivity index (χ0) is 24.6. The van der Waals surface area contributed by atoms with Gasteiger partial charge in [-0.15, -0.1) is 12.4 Å². The number of fused-ring (bicyclic) bond motifs is 1. The number of halogens is 3. The fourth-order valence-electron chi connectivity index (χ4n) is 4.55. The highest BCUT2D eigenvalue weighted by atomic mass is 35.5. The summed E-state index contributed by atoms with van der Waals surface area (Å²) in [5, 5.41) is 13.6. The van der Waals surface area contributed by atoms with Crippen molar-refractivity contribution in [3.63, 3.8) is 0 Å². The molecule has 1 fully saturated rings. The number of phenolic OH excluding ortho intramolecular Hbond substituents is 1. The van der Waals surface area contributed by atoms with Gasteiger partial charge in [0.2, 0.25) is 0 Å². The number of nitrogens with zero attached hydrogens (tertiary/aromatic N) is 3. The molecule has 0 amide bonds. The summed E-state index contributed by atoms with van der Waals surface area (Å²) in [7, 11) is 0.628. The second-order valence-corrected chi connectivity index (χ2v) is 12.0. The summed E-state index contributed by atoms with van der Waals surface area (Å²) < 4.78 is 25.2. The predicted octanol–water partition coefficient (Wildman–Crippen LogP) is 5.67. The third-order valence-corrected chi connectivity index (χ3v) is 7.89. The molecule has 0 saturated heterocycles. The molecule has 7 nitrogen and oxygen atoms in total. The van der Waals surface area contributed by atoms with Crippen LogP contribution in [-0.2, 0) is 9.84 Å². The minimum absolute atomic E-state index is 0. The number of rotatable bonds is 6. The smallest absolute Gasteiger partial charge is 0.179 e. The molecule has 2 heterocycles. The van der Waals surface area contributed by atoms with Crippen LogP contribution in [0.1, 0.15) is 25.7 Å². The lowest BCUT2D eigenvalue weighted by Crippen LogP contribution is -2.31. The van der Waals surface area contributed by atoms with E-state index in [0.29, 0.717) is 33.9 Å². The van der Waals surface area contributed by atoms with Gasteiger partial charge in [0.15, 0.2) is 15.6 Å². The molecule has 1 saturated carbocycles. The Morgan fingerprint density at radius 3 is 2.31 bits per heavy atom. The van der Waals surface area contributed by atoms with Crippen LogP contribution < -0.4 is 5.32 Å². The highest BCUT2D eigenvalue weighted by molar-refractivity contribution is 7.90. The Balaban J connectivity index is 0.00000342. The summed E-state index contributed by atoms with van der Waals surface area (Å²) in [6, 6.07) is 6.85. The van der Waals surface area contributed by atoms with Gasteiger partial charge in [0, 0.05) is 30.6 Å². The van der Waals surface area contributed by atoms with Gasteiger partial charge in [0.1, 0.15) is 10.4 Å². The summed E-state index contributed by atoms with van der Waals surface area (Å²) in [6.45, 7) is 1.06. The molecule has 0 aliphatic heterocycles. The molecule has 35 heavy (non-hydrogen) atoms. The number of nitrogens with one attached hydrogen (secondary N) is 1. The van der Waals surface area contributed by atoms with E-state index in [1.807, 2.05) is 0 Å². The zero-order valence-electron chi connectivity index (χ0n) is 19.8. The fraction of sp³-hybridized carbons (Fsp3) is 0.417. The fourth-order valence-corrected chi connectivity index (χ4v) is 5.81. The first-order valence-electron chi connectivity index (χ1n) is 11.1. The van der Waals surface area contributed by atoms with Crippen molar-refractivity contribution in [3.8, 4) is 17.0 Å². The van der Waals surface area contributed by atoms with Gasteiger partial charge in [-0.3, -0.25) is 4.98 Å². The van der Waals surface area contributed by atoms with Crippen molar-refractivity contribution in [1.29, 1.82) is 0 Å². The maximum Gasteiger partial charge on any atom is 0.179 e. The molecule has 1 aliphatic rings. The van der Waals surface area contributed by atoms with E-state index < -0.39 is 9.84 Å². The number of hydrogen-bond acceptors (Lipinski definition) is 7. The first-order valence-corrected chi connectivity index (χ1v) is 13.8. The standard InChI is InChI=1S/C24H28Cl2N4O3S.ClH/c1-30(2)13-14-4-6-16(7-5-14)28-23-21(34(3,32)33)12-27-20-9-8-19(29-22(20)23)15-10-17(25)24(31)18(26)11-15;/h8-12,14,16,31H,4-7,13H2,1-3H3,(H,27,28);1H. The predicted molar refractivity (Wildman–Crippen MR) is 145 cm³/mol. The molecule has 0 atom stereocenters. The van der Waals surface area contributed by atoms with E-state index in [2.05, 4.69) is 29.3 Å². The Kier molecular flexibility index (Phi) is 8.76. The third kappa shape index (κ3) is 6.30. The maximum atomic E-state index is 12.6. The van der Waals surface area contributed by atoms with Crippen LogP contribution in [0, 0.1) is 5.92 Å². The Bertz CT molecular complexity index is 1300. The van der Waals surface area contributed by atoms with Crippen molar-refractivity contribution >= 4 is 62.2 Å². The number of hydrogen-bond donors (Lipinski definition) is 2. The van der Waals surface area contributed by atoms with Gasteiger partial charge >= 0.3 is 0 Å². The van der Waals surface area contributed by atoms with Crippen LogP contribution in [0.3, 0.4) is 0 Å². The molecular formula is C24H29Cl3N4O3S. The molecule has 0 unspecified atom stereocenters. The van der Waals surface area contributed by atoms with E-state index in [-0.39, 0.29) is 39.1 Å². The van der Waals surface area contributed by atoms with Gasteiger partial charge in [-0.25, -0.2) is 13.4 Å². The molecule has 2 N–H and O–H groups in total. The lowest BCUT2D eigenvalue weighted by molar-refractivity contribution is 0.255. The first-order chi connectivity index (χ1) is 16.0. The summed E-state index contributed by atoms with van der Waals surface area (Å²) >= 11 is 12.2. The lowest BCUT2D eigenvalue weighted by atomic mass is 9.85. The van der Waals surface area contributed by atoms with Crippen LogP contribution in [0.25, 0.3) is 22.3 Å². The summed E-state index contributed by atoms with van der Waals surface area (Å²) in [4.78, 5) is 11.4. The molecule has 11 heteroatoms. The number of pyridine rings is 2. The first kappa shape index (κ1) is 27.7. The Hall–Kier alpha value is -1.84. The normalized spacial score (nSPS) is 18.5. The molecule has 1 aromatic carbocycles. The van der Waals surface area contributed by atoms with Crippen LogP contribution in [0.15, 0.2) is 35.4 Å². The number of benzene rings is 1. The average molecular weight is 560 g/mol. The minimum Gasteiger partial charge on any atom is -0.505 e. The molecule has 2 aromatic heterocycles. The second-order valence-electron chi connectivity index (χ2n) is 9.25. The van der Waals surface area contributed by atoms with Crippen molar-refractivity contribution in [2.45, 2.75) is 36.6 Å². The topological polar surface area (TPSA) is 95.4 Å². The largest absolute Gasteiger partial charge is 0.505 e. The van der Waals surface area contributed by atoms with Crippen LogP contribution >= 0.6 is 35.6 Å². The van der Waals surface area contributed by atoms with Crippen LogP contribution in [0.2, 0.25) is 10.0 Å². The maximum absolute atomic E-state index is 12.6. The van der Waals surface area contributed by atoms with Gasteiger partial charge in [-0.05, 0) is 70.0 Å². The van der Waals surface area contributed by atoms with E-state index in [0.717, 1.165) is 32.2 Å². The minimum atomic E-state index is -3.55. The average Bonchev–Trinajstić information content (AvgIpc) is 2.77. The molecule has 190 valence electrons. The van der Waals surface area contributed by atoms with Gasteiger partial charge in [-0.1, -0.05) is 23.2 Å². The molecule has 1 aliphatic carbocycles. The van der Waals surface area contributed by atoms with Gasteiger partial charge in [-0.2, -0.15) is 0 Å². The van der Waals surface area contributed by atoms with E-state index in [9.17, 15) is 13.5 Å². The third-order valence-electron chi connectivity index (χ3n) is 6.21. The SMILES string of the molecule is CN(C)CC1CCC(Nc2c(S(C)(=O)=O)cnc3ccc(-c4cc(Cl)c(O)c(Cl)c4)nc23)CC1.Cl. The van der Waals surface area contributed by atoms with Crippen molar-refractivity contribution in [2.75, 3.05) is 32.2 Å². The number of aromatic nitrogens is 2. The van der Waals surface area contributed by atoms with Crippen molar-refractivity contribution in [1.82, 2.24) is 14.9 Å². The van der Waals surface area contributed by atoms with E-state index in [1.54, 1.807) is 24.3 Å². The van der Waals surface area contributed by atoms with Gasteiger partial charge < -0.3 is 15.3 Å². The van der Waals surface area contributed by atoms with E-state index in [4.69, 9.17) is 28.2 Å². The van der Waals surface area contributed by atoms with Crippen LogP contribution in [0.4, 0.5) is 5.69 Å². The highest BCUT2D eigenvalue weighted by Gasteiger charge is 2.25. The molecule has 0 spiro atoms. The molecule has 3 aromatic rings. The van der Waals surface area contributed by atoms with Crippen molar-refractivity contribution in [3.05, 3.63) is 40.5 Å². The van der Waals surface area contributed by atoms with Crippen molar-refractivity contribution < 1.29 is 13.5 Å². The molecule has 4 rings (SSSR count). The summed E-state index contributed by atoms with van der Waals surface area (Å²) in [5.41, 5.74) is 2.67. The lowest BCUT2D eigenvalue weighted by Gasteiger charge is -2.31. The number of sulfone groups is 1. The van der Waals surface area contributed by atoms with Crippen LogP contribution in [0.5, 0.6) is 5.75 Å². The highest BCUT2D eigenvalue weighted by Crippen LogP contribution is 2.38. The Labute approximate surface area is 222 Å². The Morgan fingerprint density at radius 2 is 1.74 bits per heavy atom. The second kappa shape index (κ2) is 11.0. The molecule has 0 bridgehead atoms. The van der Waals surface area contributed by atoms with E-state index in [1.165, 1.54) is 12.5 Å². The molecule has 0 radical (unpaired) electrons. The van der Waals surface area contributed by atoms with Crippen LogP contribution in [-0.4, -0.2) is 61.3 Å². The monoisotopic (exact) mass is 558 g/mol.